The van der Waals surface area contributed by atoms with Crippen LogP contribution in [0.5, 0.6) is 0 Å². The van der Waals surface area contributed by atoms with Crippen LogP contribution in [0.3, 0.4) is 0 Å². The van der Waals surface area contributed by atoms with Crippen LogP contribution in [0.4, 0.5) is 11.4 Å². The molecule has 4 rings (SSSR count). The van der Waals surface area contributed by atoms with Gasteiger partial charge in [-0.1, -0.05) is 31.5 Å². The molecule has 0 spiro atoms. The molecule has 186 valence electrons. The normalized spacial score (nSPS) is 14.9. The lowest BCUT2D eigenvalue weighted by atomic mass is 9.99. The maximum absolute atomic E-state index is 13.7. The maximum atomic E-state index is 13.7. The van der Waals surface area contributed by atoms with Crippen LogP contribution in [0.25, 0.3) is 10.9 Å². The zero-order chi connectivity index (χ0) is 25.2. The number of ether oxygens (including phenoxy) is 2. The third-order valence-electron chi connectivity index (χ3n) is 5.85. The molecule has 1 saturated heterocycles. The van der Waals surface area contributed by atoms with Gasteiger partial charge in [-0.15, -0.1) is 0 Å². The van der Waals surface area contributed by atoms with Crippen LogP contribution in [0.2, 0.25) is 5.02 Å². The summed E-state index contributed by atoms with van der Waals surface area (Å²) in [7, 11) is -3.91. The minimum atomic E-state index is -3.91. The predicted molar refractivity (Wildman–Crippen MR) is 136 cm³/mol. The number of anilines is 2. The van der Waals surface area contributed by atoms with Crippen LogP contribution >= 0.6 is 11.6 Å². The molecule has 0 bridgehead atoms. The van der Waals surface area contributed by atoms with E-state index in [-0.39, 0.29) is 30.5 Å². The Labute approximate surface area is 210 Å². The zero-order valence-electron chi connectivity index (χ0n) is 19.9. The van der Waals surface area contributed by atoms with Crippen LogP contribution in [-0.4, -0.2) is 56.6 Å². The van der Waals surface area contributed by atoms with Gasteiger partial charge in [0.15, 0.2) is 0 Å². The highest BCUT2D eigenvalue weighted by molar-refractivity contribution is 7.89. The molecule has 1 fully saturated rings. The summed E-state index contributed by atoms with van der Waals surface area (Å²) >= 11 is 6.28. The first-order valence-electron chi connectivity index (χ1n) is 11.5. The Kier molecular flexibility index (Phi) is 7.61. The molecule has 0 atom stereocenters. The van der Waals surface area contributed by atoms with E-state index in [1.54, 1.807) is 37.3 Å². The quantitative estimate of drug-likeness (QED) is 0.442. The number of benzene rings is 2. The largest absolute Gasteiger partial charge is 0.462 e. The van der Waals surface area contributed by atoms with E-state index in [9.17, 15) is 13.2 Å². The number of fused-ring (bicyclic) bond motifs is 1. The van der Waals surface area contributed by atoms with E-state index in [0.717, 1.165) is 5.56 Å². The van der Waals surface area contributed by atoms with Gasteiger partial charge in [-0.3, -0.25) is 4.98 Å². The number of halogens is 1. The van der Waals surface area contributed by atoms with E-state index in [2.05, 4.69) is 10.3 Å². The van der Waals surface area contributed by atoms with E-state index in [4.69, 9.17) is 21.1 Å². The van der Waals surface area contributed by atoms with Gasteiger partial charge in [-0.25, -0.2) is 13.2 Å². The molecule has 1 aliphatic heterocycles. The summed E-state index contributed by atoms with van der Waals surface area (Å²) in [5.74, 6) is -0.304. The summed E-state index contributed by atoms with van der Waals surface area (Å²) in [5, 5.41) is 4.18. The minimum absolute atomic E-state index is 0.00286. The van der Waals surface area contributed by atoms with Crippen molar-refractivity contribution in [2.75, 3.05) is 38.2 Å². The Morgan fingerprint density at radius 3 is 2.63 bits per heavy atom. The van der Waals surface area contributed by atoms with E-state index in [1.807, 2.05) is 19.9 Å². The molecule has 0 radical (unpaired) electrons. The van der Waals surface area contributed by atoms with E-state index < -0.39 is 16.0 Å². The number of hydrogen-bond acceptors (Lipinski definition) is 7. The summed E-state index contributed by atoms with van der Waals surface area (Å²) < 4.78 is 39.3. The van der Waals surface area contributed by atoms with E-state index >= 15 is 0 Å². The molecule has 0 amide bonds. The molecular weight excluding hydrogens is 490 g/mol. The van der Waals surface area contributed by atoms with Gasteiger partial charge in [0.2, 0.25) is 10.0 Å². The number of morpholine rings is 1. The standard InChI is InChI=1S/C25H28ClN3O5S/c1-4-34-25(30)20-13-17(16(2)3)5-7-22(20)28-24-19-14-18(26)6-8-21(19)27-15-23(24)35(31,32)29-9-11-33-12-10-29/h5-8,13-16H,4,9-12H2,1-3H3,(H,27,28). The summed E-state index contributed by atoms with van der Waals surface area (Å²) in [6.45, 7) is 7.14. The molecular formula is C25H28ClN3O5S. The highest BCUT2D eigenvalue weighted by atomic mass is 35.5. The fourth-order valence-corrected chi connectivity index (χ4v) is 5.62. The average molecular weight is 518 g/mol. The lowest BCUT2D eigenvalue weighted by Gasteiger charge is -2.27. The van der Waals surface area contributed by atoms with Crippen molar-refractivity contribution in [3.8, 4) is 0 Å². The third kappa shape index (κ3) is 5.28. The Bertz CT molecular complexity index is 1350. The zero-order valence-corrected chi connectivity index (χ0v) is 21.4. The van der Waals surface area contributed by atoms with Crippen LogP contribution in [0.15, 0.2) is 47.5 Å². The highest BCUT2D eigenvalue weighted by Crippen LogP contribution is 2.36. The second-order valence-electron chi connectivity index (χ2n) is 8.48. The molecule has 2 heterocycles. The van der Waals surface area contributed by atoms with Gasteiger partial charge in [0.1, 0.15) is 4.90 Å². The number of carbonyl (C=O) groups excluding carboxylic acids is 1. The number of nitrogens with one attached hydrogen (secondary N) is 1. The van der Waals surface area contributed by atoms with Crippen molar-refractivity contribution in [1.29, 1.82) is 0 Å². The Morgan fingerprint density at radius 2 is 1.94 bits per heavy atom. The van der Waals surface area contributed by atoms with Gasteiger partial charge in [0.25, 0.3) is 0 Å². The average Bonchev–Trinajstić information content (AvgIpc) is 2.85. The fraction of sp³-hybridized carbons (Fsp3) is 0.360. The third-order valence-corrected chi connectivity index (χ3v) is 7.99. The Hall–Kier alpha value is -2.72. The van der Waals surface area contributed by atoms with Crippen molar-refractivity contribution in [1.82, 2.24) is 9.29 Å². The molecule has 1 N–H and O–H groups in total. The monoisotopic (exact) mass is 517 g/mol. The second kappa shape index (κ2) is 10.5. The van der Waals surface area contributed by atoms with E-state index in [1.165, 1.54) is 10.5 Å². The van der Waals surface area contributed by atoms with Gasteiger partial charge < -0.3 is 14.8 Å². The van der Waals surface area contributed by atoms with Gasteiger partial charge in [0, 0.05) is 29.7 Å². The molecule has 2 aromatic carbocycles. The number of esters is 1. The molecule has 10 heteroatoms. The number of sulfonamides is 1. The molecule has 0 unspecified atom stereocenters. The van der Waals surface area contributed by atoms with Crippen molar-refractivity contribution < 1.29 is 22.7 Å². The second-order valence-corrected chi connectivity index (χ2v) is 10.8. The van der Waals surface area contributed by atoms with Crippen LogP contribution in [0.1, 0.15) is 42.6 Å². The van der Waals surface area contributed by atoms with Crippen molar-refractivity contribution in [2.45, 2.75) is 31.6 Å². The fourth-order valence-electron chi connectivity index (χ4n) is 3.94. The molecule has 0 aliphatic carbocycles. The SMILES string of the molecule is CCOC(=O)c1cc(C(C)C)ccc1Nc1c(S(=O)(=O)N2CCOCC2)cnc2ccc(Cl)cc12. The van der Waals surface area contributed by atoms with Crippen LogP contribution in [0, 0.1) is 0 Å². The molecule has 0 saturated carbocycles. The smallest absolute Gasteiger partial charge is 0.340 e. The molecule has 1 aromatic heterocycles. The summed E-state index contributed by atoms with van der Waals surface area (Å²) in [6.07, 6.45) is 1.34. The molecule has 35 heavy (non-hydrogen) atoms. The van der Waals surface area contributed by atoms with Gasteiger partial charge >= 0.3 is 5.97 Å². The lowest BCUT2D eigenvalue weighted by molar-refractivity contribution is 0.0527. The lowest BCUT2D eigenvalue weighted by Crippen LogP contribution is -2.40. The maximum Gasteiger partial charge on any atom is 0.340 e. The number of aromatic nitrogens is 1. The first-order valence-corrected chi connectivity index (χ1v) is 13.3. The summed E-state index contributed by atoms with van der Waals surface area (Å²) in [5.41, 5.74) is 2.57. The molecule has 3 aromatic rings. The minimum Gasteiger partial charge on any atom is -0.462 e. The summed E-state index contributed by atoms with van der Waals surface area (Å²) in [4.78, 5) is 17.2. The van der Waals surface area contributed by atoms with Crippen molar-refractivity contribution in [3.63, 3.8) is 0 Å². The first kappa shape index (κ1) is 25.4. The van der Waals surface area contributed by atoms with E-state index in [0.29, 0.717) is 46.1 Å². The number of carbonyl (C=O) groups is 1. The molecule has 8 nitrogen and oxygen atoms in total. The van der Waals surface area contributed by atoms with Crippen LogP contribution < -0.4 is 5.32 Å². The number of nitrogens with zero attached hydrogens (tertiary/aromatic N) is 2. The number of pyridine rings is 1. The van der Waals surface area contributed by atoms with Crippen LogP contribution in [-0.2, 0) is 19.5 Å². The van der Waals surface area contributed by atoms with Crippen molar-refractivity contribution in [3.05, 3.63) is 58.7 Å². The Morgan fingerprint density at radius 1 is 1.20 bits per heavy atom. The Balaban J connectivity index is 1.91. The number of rotatable bonds is 7. The first-order chi connectivity index (χ1) is 16.7. The van der Waals surface area contributed by atoms with Gasteiger partial charge in [-0.05, 0) is 48.7 Å². The summed E-state index contributed by atoms with van der Waals surface area (Å²) in [6, 6.07) is 10.5. The predicted octanol–water partition coefficient (Wildman–Crippen LogP) is 4.95. The van der Waals surface area contributed by atoms with Gasteiger partial charge in [-0.2, -0.15) is 4.31 Å². The van der Waals surface area contributed by atoms with Gasteiger partial charge in [0.05, 0.1) is 42.3 Å². The van der Waals surface area contributed by atoms with Crippen molar-refractivity contribution in [2.24, 2.45) is 0 Å². The topological polar surface area (TPSA) is 97.8 Å². The number of hydrogen-bond donors (Lipinski definition) is 1. The molecule has 1 aliphatic rings. The highest BCUT2D eigenvalue weighted by Gasteiger charge is 2.31. The van der Waals surface area contributed by atoms with Crippen molar-refractivity contribution >= 4 is 49.9 Å².